The van der Waals surface area contributed by atoms with Crippen LogP contribution in [0.5, 0.6) is 0 Å². The molecule has 6 nitrogen and oxygen atoms in total. The number of nitrogens with zero attached hydrogens (tertiary/aromatic N) is 3. The number of hydrogen-bond donors (Lipinski definition) is 1. The predicted molar refractivity (Wildman–Crippen MR) is 91.1 cm³/mol. The quantitative estimate of drug-likeness (QED) is 0.935. The molecule has 6 heteroatoms. The van der Waals surface area contributed by atoms with Crippen molar-refractivity contribution in [2.45, 2.75) is 57.4 Å². The summed E-state index contributed by atoms with van der Waals surface area (Å²) in [5.74, 6) is 3.33. The van der Waals surface area contributed by atoms with E-state index in [1.54, 1.807) is 7.05 Å². The molecule has 0 aromatic carbocycles. The first kappa shape index (κ1) is 14.5. The topological polar surface area (TPSA) is 72.7 Å². The fourth-order valence-electron chi connectivity index (χ4n) is 6.09. The second-order valence-electron chi connectivity index (χ2n) is 8.28. The van der Waals surface area contributed by atoms with Gasteiger partial charge in [-0.25, -0.2) is 9.78 Å². The van der Waals surface area contributed by atoms with Gasteiger partial charge in [0, 0.05) is 19.0 Å². The minimum absolute atomic E-state index is 0.130. The molecule has 2 aromatic rings. The molecule has 2 unspecified atom stereocenters. The molecule has 0 radical (unpaired) electrons. The second kappa shape index (κ2) is 4.61. The Morgan fingerprint density at radius 3 is 2.58 bits per heavy atom. The Morgan fingerprint density at radius 2 is 1.92 bits per heavy atom. The summed E-state index contributed by atoms with van der Waals surface area (Å²) in [6.45, 7) is 2.43. The van der Waals surface area contributed by atoms with E-state index in [9.17, 15) is 9.59 Å². The van der Waals surface area contributed by atoms with Crippen molar-refractivity contribution in [2.24, 2.45) is 24.8 Å². The average Bonchev–Trinajstić information content (AvgIpc) is 3.18. The van der Waals surface area contributed by atoms with Crippen molar-refractivity contribution < 1.29 is 0 Å². The maximum atomic E-state index is 12.8. The largest absolute Gasteiger partial charge is 0.336 e. The molecule has 4 aliphatic rings. The van der Waals surface area contributed by atoms with Gasteiger partial charge in [-0.2, -0.15) is 0 Å². The number of H-pyrrole nitrogens is 1. The van der Waals surface area contributed by atoms with Crippen LogP contribution in [0.2, 0.25) is 0 Å². The van der Waals surface area contributed by atoms with Crippen molar-refractivity contribution in [3.63, 3.8) is 0 Å². The number of nitrogens with one attached hydrogen (secondary N) is 1. The van der Waals surface area contributed by atoms with Crippen molar-refractivity contribution in [3.8, 4) is 0 Å². The molecule has 128 valence electrons. The molecule has 0 saturated heterocycles. The standard InChI is InChI=1S/C18H24N4O2/c1-3-4-22-15(23)13-14(21(2)17(22)24)20-16(19-13)18-8-10-5-11(9-18)7-12(18)6-10/h10-12H,3-9H2,1-2H3,(H,19,20). The Balaban J connectivity index is 1.73. The van der Waals surface area contributed by atoms with Crippen LogP contribution in [0.4, 0.5) is 0 Å². The zero-order valence-electron chi connectivity index (χ0n) is 14.3. The molecule has 4 fully saturated rings. The third-order valence-electron chi connectivity index (χ3n) is 6.89. The van der Waals surface area contributed by atoms with Crippen molar-refractivity contribution >= 4 is 11.2 Å². The number of rotatable bonds is 3. The van der Waals surface area contributed by atoms with Crippen LogP contribution in [0.15, 0.2) is 9.59 Å². The van der Waals surface area contributed by atoms with E-state index in [4.69, 9.17) is 4.98 Å². The van der Waals surface area contributed by atoms with Gasteiger partial charge in [-0.3, -0.25) is 13.9 Å². The Morgan fingerprint density at radius 1 is 1.21 bits per heavy atom. The summed E-state index contributed by atoms with van der Waals surface area (Å²) in [6, 6.07) is 0. The normalized spacial score (nSPS) is 33.8. The molecule has 4 saturated carbocycles. The van der Waals surface area contributed by atoms with Gasteiger partial charge in [-0.15, -0.1) is 0 Å². The van der Waals surface area contributed by atoms with Crippen LogP contribution in [-0.4, -0.2) is 19.1 Å². The average molecular weight is 328 g/mol. The van der Waals surface area contributed by atoms with Gasteiger partial charge < -0.3 is 4.98 Å². The smallest absolute Gasteiger partial charge is 0.332 e. The predicted octanol–water partition coefficient (Wildman–Crippen LogP) is 1.91. The molecule has 2 aromatic heterocycles. The summed E-state index contributed by atoms with van der Waals surface area (Å²) >= 11 is 0. The highest BCUT2D eigenvalue weighted by Gasteiger charge is 2.59. The van der Waals surface area contributed by atoms with Crippen LogP contribution in [-0.2, 0) is 19.0 Å². The van der Waals surface area contributed by atoms with Crippen LogP contribution < -0.4 is 11.2 Å². The molecule has 0 aliphatic heterocycles. The van der Waals surface area contributed by atoms with Crippen LogP contribution in [0.3, 0.4) is 0 Å². The molecular formula is C18H24N4O2. The van der Waals surface area contributed by atoms with Gasteiger partial charge >= 0.3 is 5.69 Å². The van der Waals surface area contributed by atoms with Crippen molar-refractivity contribution in [1.29, 1.82) is 0 Å². The molecule has 6 rings (SSSR count). The van der Waals surface area contributed by atoms with E-state index in [1.807, 2.05) is 6.92 Å². The summed E-state index contributed by atoms with van der Waals surface area (Å²) in [4.78, 5) is 33.4. The van der Waals surface area contributed by atoms with E-state index >= 15 is 0 Å². The summed E-state index contributed by atoms with van der Waals surface area (Å²) in [7, 11) is 1.72. The molecule has 0 spiro atoms. The van der Waals surface area contributed by atoms with Gasteiger partial charge in [-0.1, -0.05) is 6.92 Å². The first-order chi connectivity index (χ1) is 11.5. The van der Waals surface area contributed by atoms with E-state index in [2.05, 4.69) is 4.98 Å². The fourth-order valence-corrected chi connectivity index (χ4v) is 6.09. The number of aryl methyl sites for hydroxylation is 1. The van der Waals surface area contributed by atoms with Gasteiger partial charge in [-0.05, 0) is 56.3 Å². The number of aromatic nitrogens is 4. The van der Waals surface area contributed by atoms with Crippen molar-refractivity contribution in [1.82, 2.24) is 19.1 Å². The number of fused-ring (bicyclic) bond motifs is 1. The lowest BCUT2D eigenvalue weighted by atomic mass is 9.75. The Hall–Kier alpha value is -1.85. The SMILES string of the molecule is CCCn1c(=O)c2[nH]c(C34CC5CC(CC3C5)C4)nc2n(C)c1=O. The Kier molecular flexibility index (Phi) is 2.78. The lowest BCUT2D eigenvalue weighted by molar-refractivity contribution is 0.262. The van der Waals surface area contributed by atoms with Crippen molar-refractivity contribution in [3.05, 3.63) is 26.7 Å². The van der Waals surface area contributed by atoms with Gasteiger partial charge in [0.15, 0.2) is 5.65 Å². The van der Waals surface area contributed by atoms with Crippen LogP contribution in [0.25, 0.3) is 11.2 Å². The minimum Gasteiger partial charge on any atom is -0.336 e. The first-order valence-electron chi connectivity index (χ1n) is 9.23. The number of aromatic amines is 1. The van der Waals surface area contributed by atoms with Gasteiger partial charge in [0.25, 0.3) is 5.56 Å². The zero-order valence-corrected chi connectivity index (χ0v) is 14.3. The highest BCUT2D eigenvalue weighted by Crippen LogP contribution is 2.65. The molecule has 24 heavy (non-hydrogen) atoms. The summed E-state index contributed by atoms with van der Waals surface area (Å²) < 4.78 is 2.86. The van der Waals surface area contributed by atoms with E-state index in [-0.39, 0.29) is 16.7 Å². The fraction of sp³-hybridized carbons (Fsp3) is 0.722. The van der Waals surface area contributed by atoms with E-state index < -0.39 is 0 Å². The second-order valence-corrected chi connectivity index (χ2v) is 8.28. The van der Waals surface area contributed by atoms with Crippen LogP contribution in [0.1, 0.15) is 51.3 Å². The van der Waals surface area contributed by atoms with Crippen LogP contribution >= 0.6 is 0 Å². The summed E-state index contributed by atoms with van der Waals surface area (Å²) in [5.41, 5.74) is 0.670. The molecule has 4 bridgehead atoms. The lowest BCUT2D eigenvalue weighted by Gasteiger charge is -2.30. The van der Waals surface area contributed by atoms with Gasteiger partial charge in [0.1, 0.15) is 11.3 Å². The molecule has 4 aliphatic carbocycles. The van der Waals surface area contributed by atoms with E-state index in [0.29, 0.717) is 23.6 Å². The van der Waals surface area contributed by atoms with Crippen molar-refractivity contribution in [2.75, 3.05) is 0 Å². The minimum atomic E-state index is -0.262. The monoisotopic (exact) mass is 328 g/mol. The Bertz CT molecular complexity index is 936. The first-order valence-corrected chi connectivity index (χ1v) is 9.23. The zero-order chi connectivity index (χ0) is 16.6. The summed E-state index contributed by atoms with van der Waals surface area (Å²) in [6.07, 6.45) is 7.16. The molecule has 2 heterocycles. The molecule has 2 atom stereocenters. The van der Waals surface area contributed by atoms with Gasteiger partial charge in [0.05, 0.1) is 0 Å². The molecule has 0 amide bonds. The highest BCUT2D eigenvalue weighted by atomic mass is 16.2. The molecular weight excluding hydrogens is 304 g/mol. The third kappa shape index (κ3) is 1.64. The van der Waals surface area contributed by atoms with E-state index in [1.165, 1.54) is 41.2 Å². The highest BCUT2D eigenvalue weighted by molar-refractivity contribution is 5.70. The Labute approximate surface area is 139 Å². The maximum Gasteiger partial charge on any atom is 0.332 e. The van der Waals surface area contributed by atoms with E-state index in [0.717, 1.165) is 24.1 Å². The third-order valence-corrected chi connectivity index (χ3v) is 6.89. The number of hydrogen-bond acceptors (Lipinski definition) is 3. The van der Waals surface area contributed by atoms with Gasteiger partial charge in [0.2, 0.25) is 0 Å². The van der Waals surface area contributed by atoms with Crippen LogP contribution in [0, 0.1) is 17.8 Å². The molecule has 1 N–H and O–H groups in total. The number of imidazole rings is 1. The lowest BCUT2D eigenvalue weighted by Crippen LogP contribution is -2.39. The maximum absolute atomic E-state index is 12.8. The summed E-state index contributed by atoms with van der Waals surface area (Å²) in [5, 5.41) is 0.